The van der Waals surface area contributed by atoms with Gasteiger partial charge in [0, 0.05) is 31.6 Å². The first-order chi connectivity index (χ1) is 8.02. The zero-order valence-electron chi connectivity index (χ0n) is 10.4. The Labute approximate surface area is 102 Å². The Hall–Kier alpha value is -1.58. The van der Waals surface area contributed by atoms with Crippen molar-refractivity contribution in [3.8, 4) is 0 Å². The molecule has 1 saturated heterocycles. The van der Waals surface area contributed by atoms with Gasteiger partial charge in [-0.1, -0.05) is 13.2 Å². The number of carbonyl (C=O) groups excluding carboxylic acids is 2. The van der Waals surface area contributed by atoms with Crippen LogP contribution in [0.3, 0.4) is 0 Å². The molecule has 1 aliphatic heterocycles. The van der Waals surface area contributed by atoms with E-state index >= 15 is 0 Å². The molecule has 2 amide bonds. The summed E-state index contributed by atoms with van der Waals surface area (Å²) < 4.78 is 0. The van der Waals surface area contributed by atoms with Crippen molar-refractivity contribution in [2.45, 2.75) is 26.2 Å². The number of hydrogen-bond donors (Lipinski definition) is 1. The molecule has 0 aliphatic carbocycles. The van der Waals surface area contributed by atoms with Crippen LogP contribution in [0.1, 0.15) is 26.2 Å². The van der Waals surface area contributed by atoms with Crippen LogP contribution < -0.4 is 5.32 Å². The SMILES string of the molecule is C=C(C)C(=C)C(=O)NCCCN1CCCC1=O. The Morgan fingerprint density at radius 3 is 2.71 bits per heavy atom. The van der Waals surface area contributed by atoms with Gasteiger partial charge in [0.15, 0.2) is 0 Å². The topological polar surface area (TPSA) is 49.4 Å². The fraction of sp³-hybridized carbons (Fsp3) is 0.538. The smallest absolute Gasteiger partial charge is 0.250 e. The third-order valence-electron chi connectivity index (χ3n) is 2.85. The Kier molecular flexibility index (Phi) is 4.94. The molecule has 0 spiro atoms. The van der Waals surface area contributed by atoms with Gasteiger partial charge in [-0.05, 0) is 25.3 Å². The van der Waals surface area contributed by atoms with E-state index in [1.54, 1.807) is 6.92 Å². The molecule has 1 aliphatic rings. The molecule has 17 heavy (non-hydrogen) atoms. The van der Waals surface area contributed by atoms with Gasteiger partial charge in [0.1, 0.15) is 0 Å². The molecule has 94 valence electrons. The maximum atomic E-state index is 11.5. The van der Waals surface area contributed by atoms with Crippen LogP contribution in [0.4, 0.5) is 0 Å². The standard InChI is InChI=1S/C13H20N2O2/c1-10(2)11(3)13(17)14-7-5-9-15-8-4-6-12(15)16/h1,3-9H2,2H3,(H,14,17). The van der Waals surface area contributed by atoms with E-state index in [-0.39, 0.29) is 11.8 Å². The van der Waals surface area contributed by atoms with E-state index in [0.717, 1.165) is 25.9 Å². The molecule has 0 radical (unpaired) electrons. The molecule has 4 heteroatoms. The molecular weight excluding hydrogens is 216 g/mol. The predicted molar refractivity (Wildman–Crippen MR) is 67.4 cm³/mol. The summed E-state index contributed by atoms with van der Waals surface area (Å²) in [5.74, 6) is 0.0490. The van der Waals surface area contributed by atoms with Crippen molar-refractivity contribution in [3.63, 3.8) is 0 Å². The predicted octanol–water partition coefficient (Wildman–Crippen LogP) is 1.25. The highest BCUT2D eigenvalue weighted by atomic mass is 16.2. The summed E-state index contributed by atoms with van der Waals surface area (Å²) >= 11 is 0. The van der Waals surface area contributed by atoms with E-state index in [1.165, 1.54) is 0 Å². The van der Waals surface area contributed by atoms with Crippen LogP contribution in [0, 0.1) is 0 Å². The molecule has 0 bridgehead atoms. The van der Waals surface area contributed by atoms with Crippen molar-refractivity contribution < 1.29 is 9.59 Å². The van der Waals surface area contributed by atoms with Crippen LogP contribution in [0.25, 0.3) is 0 Å². The van der Waals surface area contributed by atoms with Crippen molar-refractivity contribution in [1.29, 1.82) is 0 Å². The summed E-state index contributed by atoms with van der Waals surface area (Å²) in [6.07, 6.45) is 2.40. The van der Waals surface area contributed by atoms with Crippen molar-refractivity contribution in [1.82, 2.24) is 10.2 Å². The monoisotopic (exact) mass is 236 g/mol. The van der Waals surface area contributed by atoms with E-state index in [1.807, 2.05) is 4.90 Å². The Balaban J connectivity index is 2.16. The van der Waals surface area contributed by atoms with Crippen LogP contribution >= 0.6 is 0 Å². The second-order valence-corrected chi connectivity index (χ2v) is 4.35. The molecule has 0 saturated carbocycles. The first-order valence-electron chi connectivity index (χ1n) is 5.93. The minimum absolute atomic E-state index is 0.176. The molecule has 1 rings (SSSR count). The van der Waals surface area contributed by atoms with Gasteiger partial charge < -0.3 is 10.2 Å². The fourth-order valence-electron chi connectivity index (χ4n) is 1.71. The molecule has 0 aromatic heterocycles. The van der Waals surface area contributed by atoms with Gasteiger partial charge in [0.05, 0.1) is 0 Å². The number of rotatable bonds is 6. The zero-order chi connectivity index (χ0) is 12.8. The molecule has 0 unspecified atom stereocenters. The van der Waals surface area contributed by atoms with Gasteiger partial charge >= 0.3 is 0 Å². The number of nitrogens with one attached hydrogen (secondary N) is 1. The maximum Gasteiger partial charge on any atom is 0.250 e. The highest BCUT2D eigenvalue weighted by molar-refractivity contribution is 5.96. The van der Waals surface area contributed by atoms with Crippen LogP contribution in [0.15, 0.2) is 24.3 Å². The summed E-state index contributed by atoms with van der Waals surface area (Å²) in [7, 11) is 0. The second kappa shape index (κ2) is 6.23. The van der Waals surface area contributed by atoms with Gasteiger partial charge in [0.2, 0.25) is 5.91 Å². The number of carbonyl (C=O) groups is 2. The van der Waals surface area contributed by atoms with Crippen LogP contribution in [0.5, 0.6) is 0 Å². The lowest BCUT2D eigenvalue weighted by Crippen LogP contribution is -2.31. The number of nitrogens with zero attached hydrogens (tertiary/aromatic N) is 1. The average molecular weight is 236 g/mol. The van der Waals surface area contributed by atoms with Crippen molar-refractivity contribution in [2.75, 3.05) is 19.6 Å². The molecule has 0 aromatic rings. The van der Waals surface area contributed by atoms with Gasteiger partial charge in [-0.3, -0.25) is 9.59 Å². The summed E-state index contributed by atoms with van der Waals surface area (Å²) in [6, 6.07) is 0. The molecule has 1 fully saturated rings. The van der Waals surface area contributed by atoms with Crippen LogP contribution in [0.2, 0.25) is 0 Å². The number of hydrogen-bond acceptors (Lipinski definition) is 2. The van der Waals surface area contributed by atoms with E-state index < -0.39 is 0 Å². The Morgan fingerprint density at radius 1 is 1.47 bits per heavy atom. The number of likely N-dealkylation sites (tertiary alicyclic amines) is 1. The molecule has 0 atom stereocenters. The average Bonchev–Trinajstić information content (AvgIpc) is 2.69. The lowest BCUT2D eigenvalue weighted by Gasteiger charge is -2.15. The van der Waals surface area contributed by atoms with Gasteiger partial charge in [-0.15, -0.1) is 0 Å². The third-order valence-corrected chi connectivity index (χ3v) is 2.85. The van der Waals surface area contributed by atoms with Crippen molar-refractivity contribution in [2.24, 2.45) is 0 Å². The summed E-state index contributed by atoms with van der Waals surface area (Å²) in [6.45, 7) is 11.2. The zero-order valence-corrected chi connectivity index (χ0v) is 10.4. The van der Waals surface area contributed by atoms with E-state index in [0.29, 0.717) is 24.1 Å². The summed E-state index contributed by atoms with van der Waals surface area (Å²) in [5.41, 5.74) is 1.10. The van der Waals surface area contributed by atoms with Crippen molar-refractivity contribution >= 4 is 11.8 Å². The molecule has 4 nitrogen and oxygen atoms in total. The Morgan fingerprint density at radius 2 is 2.18 bits per heavy atom. The normalized spacial score (nSPS) is 14.9. The lowest BCUT2D eigenvalue weighted by molar-refractivity contribution is -0.127. The first kappa shape index (κ1) is 13.5. The van der Waals surface area contributed by atoms with Gasteiger partial charge in [-0.2, -0.15) is 0 Å². The highest BCUT2D eigenvalue weighted by Crippen LogP contribution is 2.09. The minimum Gasteiger partial charge on any atom is -0.352 e. The first-order valence-corrected chi connectivity index (χ1v) is 5.93. The van der Waals surface area contributed by atoms with Crippen LogP contribution in [-0.4, -0.2) is 36.3 Å². The second-order valence-electron chi connectivity index (χ2n) is 4.35. The molecule has 1 N–H and O–H groups in total. The fourth-order valence-corrected chi connectivity index (χ4v) is 1.71. The molecule has 1 heterocycles. The largest absolute Gasteiger partial charge is 0.352 e. The van der Waals surface area contributed by atoms with Gasteiger partial charge in [0.25, 0.3) is 5.91 Å². The Bertz CT molecular complexity index is 347. The van der Waals surface area contributed by atoms with Crippen LogP contribution in [-0.2, 0) is 9.59 Å². The van der Waals surface area contributed by atoms with E-state index in [9.17, 15) is 9.59 Å². The summed E-state index contributed by atoms with van der Waals surface area (Å²) in [5, 5.41) is 2.77. The third kappa shape index (κ3) is 4.06. The number of amides is 2. The maximum absolute atomic E-state index is 11.5. The molecule has 0 aromatic carbocycles. The minimum atomic E-state index is -0.176. The summed E-state index contributed by atoms with van der Waals surface area (Å²) in [4.78, 5) is 24.7. The van der Waals surface area contributed by atoms with E-state index in [2.05, 4.69) is 18.5 Å². The van der Waals surface area contributed by atoms with Crippen molar-refractivity contribution in [3.05, 3.63) is 24.3 Å². The highest BCUT2D eigenvalue weighted by Gasteiger charge is 2.19. The van der Waals surface area contributed by atoms with E-state index in [4.69, 9.17) is 0 Å². The quantitative estimate of drug-likeness (QED) is 0.428. The van der Waals surface area contributed by atoms with Gasteiger partial charge in [-0.25, -0.2) is 0 Å². The lowest BCUT2D eigenvalue weighted by atomic mass is 10.1. The molecular formula is C13H20N2O2.